The number of primary sulfonamides is 1. The van der Waals surface area contributed by atoms with Crippen molar-refractivity contribution in [1.29, 1.82) is 0 Å². The Bertz CT molecular complexity index is 774. The lowest BCUT2D eigenvalue weighted by Crippen LogP contribution is -2.31. The van der Waals surface area contributed by atoms with Crippen LogP contribution in [0.15, 0.2) is 30.3 Å². The zero-order valence-electron chi connectivity index (χ0n) is 11.5. The first-order valence-electron chi connectivity index (χ1n) is 6.27. The van der Waals surface area contributed by atoms with E-state index in [9.17, 15) is 13.2 Å². The van der Waals surface area contributed by atoms with E-state index in [-0.39, 0.29) is 18.2 Å². The van der Waals surface area contributed by atoms with Gasteiger partial charge in [0, 0.05) is 19.0 Å². The highest BCUT2D eigenvalue weighted by Crippen LogP contribution is 2.20. The van der Waals surface area contributed by atoms with Crippen LogP contribution >= 0.6 is 0 Å². The number of para-hydroxylation sites is 1. The van der Waals surface area contributed by atoms with Crippen molar-refractivity contribution in [2.75, 3.05) is 24.7 Å². The second-order valence-corrected chi connectivity index (χ2v) is 6.18. The van der Waals surface area contributed by atoms with E-state index >= 15 is 0 Å². The number of hydrogen-bond acceptors (Lipinski definition) is 5. The number of fused-ring (bicyclic) bond motifs is 1. The molecule has 0 saturated carbocycles. The number of anilines is 1. The van der Waals surface area contributed by atoms with E-state index < -0.39 is 10.0 Å². The molecule has 0 fully saturated rings. The first-order valence-corrected chi connectivity index (χ1v) is 7.98. The molecule has 0 bridgehead atoms. The third kappa shape index (κ3) is 3.89. The molecule has 1 amide bonds. The number of nitrogens with one attached hydrogen (secondary N) is 2. The van der Waals surface area contributed by atoms with Crippen molar-refractivity contribution in [3.05, 3.63) is 35.9 Å². The van der Waals surface area contributed by atoms with Crippen LogP contribution in [0.2, 0.25) is 0 Å². The molecule has 2 aromatic rings. The molecule has 21 heavy (non-hydrogen) atoms. The number of nitrogens with two attached hydrogens (primary N) is 1. The predicted octanol–water partition coefficient (Wildman–Crippen LogP) is 0.295. The smallest absolute Gasteiger partial charge is 0.252 e. The van der Waals surface area contributed by atoms with Crippen molar-refractivity contribution in [3.8, 4) is 0 Å². The first-order chi connectivity index (χ1) is 9.90. The lowest BCUT2D eigenvalue weighted by Gasteiger charge is -2.09. The minimum absolute atomic E-state index is 0.0385. The Morgan fingerprint density at radius 1 is 1.33 bits per heavy atom. The third-order valence-corrected chi connectivity index (χ3v) is 3.66. The van der Waals surface area contributed by atoms with E-state index in [1.807, 2.05) is 12.1 Å². The third-order valence-electron chi connectivity index (χ3n) is 2.89. The summed E-state index contributed by atoms with van der Waals surface area (Å²) >= 11 is 0. The normalized spacial score (nSPS) is 11.3. The first kappa shape index (κ1) is 15.2. The monoisotopic (exact) mass is 308 g/mol. The molecule has 0 atom stereocenters. The zero-order chi connectivity index (χ0) is 15.5. The molecule has 0 aliphatic rings. The molecule has 7 nitrogen and oxygen atoms in total. The average Bonchev–Trinajstić information content (AvgIpc) is 2.44. The minimum atomic E-state index is -3.60. The van der Waals surface area contributed by atoms with Gasteiger partial charge in [0.25, 0.3) is 5.91 Å². The fourth-order valence-corrected chi connectivity index (χ4v) is 2.28. The molecular weight excluding hydrogens is 292 g/mol. The van der Waals surface area contributed by atoms with Crippen LogP contribution in [0, 0.1) is 0 Å². The molecule has 0 spiro atoms. The predicted molar refractivity (Wildman–Crippen MR) is 81.6 cm³/mol. The van der Waals surface area contributed by atoms with Gasteiger partial charge in [-0.25, -0.2) is 18.5 Å². The molecule has 1 aromatic carbocycles. The summed E-state index contributed by atoms with van der Waals surface area (Å²) in [4.78, 5) is 16.6. The Hall–Kier alpha value is -2.19. The molecular formula is C13H16N4O3S. The second-order valence-electron chi connectivity index (χ2n) is 4.45. The number of hydrogen-bond donors (Lipinski definition) is 3. The van der Waals surface area contributed by atoms with E-state index in [4.69, 9.17) is 5.14 Å². The Kier molecular flexibility index (Phi) is 4.39. The minimum Gasteiger partial charge on any atom is -0.373 e. The van der Waals surface area contributed by atoms with Crippen LogP contribution in [-0.2, 0) is 10.0 Å². The summed E-state index contributed by atoms with van der Waals surface area (Å²) in [7, 11) is -1.89. The van der Waals surface area contributed by atoms with Crippen molar-refractivity contribution < 1.29 is 13.2 Å². The van der Waals surface area contributed by atoms with Crippen molar-refractivity contribution >= 4 is 32.7 Å². The number of sulfonamides is 1. The average molecular weight is 308 g/mol. The lowest BCUT2D eigenvalue weighted by molar-refractivity contribution is 0.0958. The van der Waals surface area contributed by atoms with Gasteiger partial charge in [-0.2, -0.15) is 0 Å². The molecule has 0 saturated heterocycles. The summed E-state index contributed by atoms with van der Waals surface area (Å²) < 4.78 is 21.7. The highest BCUT2D eigenvalue weighted by atomic mass is 32.2. The Labute approximate surface area is 122 Å². The second kappa shape index (κ2) is 6.06. The molecule has 0 radical (unpaired) electrons. The number of benzene rings is 1. The lowest BCUT2D eigenvalue weighted by atomic mass is 10.1. The molecule has 0 unspecified atom stereocenters. The SMILES string of the molecule is CNc1cc(C(=O)NCCS(N)(=O)=O)c2ccccc2n1. The van der Waals surface area contributed by atoms with Crippen LogP contribution < -0.4 is 15.8 Å². The molecule has 112 valence electrons. The van der Waals surface area contributed by atoms with Crippen LogP contribution in [0.1, 0.15) is 10.4 Å². The van der Waals surface area contributed by atoms with Crippen molar-refractivity contribution in [2.24, 2.45) is 5.14 Å². The largest absolute Gasteiger partial charge is 0.373 e. The molecule has 4 N–H and O–H groups in total. The summed E-state index contributed by atoms with van der Waals surface area (Å²) in [5, 5.41) is 11.0. The zero-order valence-corrected chi connectivity index (χ0v) is 12.3. The molecule has 1 aromatic heterocycles. The molecule has 8 heteroatoms. The van der Waals surface area contributed by atoms with E-state index in [2.05, 4.69) is 15.6 Å². The Morgan fingerprint density at radius 2 is 2.05 bits per heavy atom. The summed E-state index contributed by atoms with van der Waals surface area (Å²) in [5.41, 5.74) is 1.11. The van der Waals surface area contributed by atoms with E-state index in [0.29, 0.717) is 22.3 Å². The van der Waals surface area contributed by atoms with Crippen LogP contribution in [0.4, 0.5) is 5.82 Å². The van der Waals surface area contributed by atoms with Crippen LogP contribution in [0.25, 0.3) is 10.9 Å². The maximum atomic E-state index is 12.2. The van der Waals surface area contributed by atoms with Gasteiger partial charge in [0.1, 0.15) is 5.82 Å². The van der Waals surface area contributed by atoms with Gasteiger partial charge in [-0.15, -0.1) is 0 Å². The van der Waals surface area contributed by atoms with Gasteiger partial charge >= 0.3 is 0 Å². The standard InChI is InChI=1S/C13H16N4O3S/c1-15-12-8-10(9-4-2-3-5-11(9)17-12)13(18)16-6-7-21(14,19)20/h2-5,8H,6-7H2,1H3,(H,15,17)(H,16,18)(H2,14,19,20). The number of rotatable bonds is 5. The molecule has 0 aliphatic carbocycles. The van der Waals surface area contributed by atoms with E-state index in [1.54, 1.807) is 25.2 Å². The van der Waals surface area contributed by atoms with Gasteiger partial charge in [-0.05, 0) is 12.1 Å². The van der Waals surface area contributed by atoms with Gasteiger partial charge in [-0.3, -0.25) is 4.79 Å². The maximum absolute atomic E-state index is 12.2. The fourth-order valence-electron chi connectivity index (χ4n) is 1.89. The van der Waals surface area contributed by atoms with Gasteiger partial charge in [-0.1, -0.05) is 18.2 Å². The number of amides is 1. The quantitative estimate of drug-likeness (QED) is 0.735. The molecule has 0 aliphatic heterocycles. The fraction of sp³-hybridized carbons (Fsp3) is 0.231. The summed E-state index contributed by atoms with van der Waals surface area (Å²) in [6, 6.07) is 8.85. The highest BCUT2D eigenvalue weighted by Gasteiger charge is 2.13. The van der Waals surface area contributed by atoms with E-state index in [0.717, 1.165) is 0 Å². The number of nitrogens with zero attached hydrogens (tertiary/aromatic N) is 1. The summed E-state index contributed by atoms with van der Waals surface area (Å²) in [6.45, 7) is -0.0385. The molecule has 2 rings (SSSR count). The number of carbonyl (C=O) groups is 1. The van der Waals surface area contributed by atoms with Crippen molar-refractivity contribution in [1.82, 2.24) is 10.3 Å². The maximum Gasteiger partial charge on any atom is 0.252 e. The van der Waals surface area contributed by atoms with Crippen molar-refractivity contribution in [3.63, 3.8) is 0 Å². The van der Waals surface area contributed by atoms with Gasteiger partial charge in [0.15, 0.2) is 0 Å². The Morgan fingerprint density at radius 3 is 2.71 bits per heavy atom. The number of carbonyl (C=O) groups excluding carboxylic acids is 1. The molecule has 1 heterocycles. The van der Waals surface area contributed by atoms with Gasteiger partial charge in [0.05, 0.1) is 16.8 Å². The highest BCUT2D eigenvalue weighted by molar-refractivity contribution is 7.89. The Balaban J connectivity index is 2.29. The van der Waals surface area contributed by atoms with Gasteiger partial charge in [0.2, 0.25) is 10.0 Å². The summed E-state index contributed by atoms with van der Waals surface area (Å²) in [5.74, 6) is -0.111. The topological polar surface area (TPSA) is 114 Å². The van der Waals surface area contributed by atoms with Crippen LogP contribution in [0.5, 0.6) is 0 Å². The van der Waals surface area contributed by atoms with Crippen molar-refractivity contribution in [2.45, 2.75) is 0 Å². The van der Waals surface area contributed by atoms with E-state index in [1.165, 1.54) is 0 Å². The summed E-state index contributed by atoms with van der Waals surface area (Å²) in [6.07, 6.45) is 0. The number of aromatic nitrogens is 1. The van der Waals surface area contributed by atoms with Crippen LogP contribution in [-0.4, -0.2) is 38.7 Å². The van der Waals surface area contributed by atoms with Gasteiger partial charge < -0.3 is 10.6 Å². The number of pyridine rings is 1. The van der Waals surface area contributed by atoms with Crippen LogP contribution in [0.3, 0.4) is 0 Å².